The number of rotatable bonds is 7. The van der Waals surface area contributed by atoms with Crippen molar-refractivity contribution in [2.45, 2.75) is 44.8 Å². The first-order valence-electron chi connectivity index (χ1n) is 7.04. The normalized spacial score (nSPS) is 23.6. The van der Waals surface area contributed by atoms with Crippen molar-refractivity contribution in [2.24, 2.45) is 5.92 Å². The Kier molecular flexibility index (Phi) is 6.74. The van der Waals surface area contributed by atoms with E-state index in [1.165, 1.54) is 4.90 Å². The van der Waals surface area contributed by atoms with Gasteiger partial charge in [0.05, 0.1) is 25.3 Å². The zero-order chi connectivity index (χ0) is 15.1. The molecule has 0 spiro atoms. The predicted octanol–water partition coefficient (Wildman–Crippen LogP) is 0.0145. The van der Waals surface area contributed by atoms with Gasteiger partial charge in [-0.05, 0) is 18.8 Å². The molecule has 0 aromatic heterocycles. The summed E-state index contributed by atoms with van der Waals surface area (Å²) in [7, 11) is 0. The molecule has 0 aromatic rings. The number of β-amino-alcohol motifs (C(OH)–C–C–N with tert-alkyl or cyclic N) is 2. The maximum absolute atomic E-state index is 11.8. The SMILES string of the molecule is CCC(CCNC(=O)N1CC(O)C(O)C1)CCC(=O)O. The van der Waals surface area contributed by atoms with Gasteiger partial charge in [-0.3, -0.25) is 4.79 Å². The quantitative estimate of drug-likeness (QED) is 0.527. The number of amides is 2. The lowest BCUT2D eigenvalue weighted by atomic mass is 9.97. The Morgan fingerprint density at radius 2 is 1.85 bits per heavy atom. The van der Waals surface area contributed by atoms with Crippen LogP contribution in [0.25, 0.3) is 0 Å². The number of carbonyl (C=O) groups excluding carboxylic acids is 1. The highest BCUT2D eigenvalue weighted by atomic mass is 16.4. The smallest absolute Gasteiger partial charge is 0.317 e. The number of hydrogen-bond donors (Lipinski definition) is 4. The molecule has 20 heavy (non-hydrogen) atoms. The molecule has 1 heterocycles. The van der Waals surface area contributed by atoms with E-state index in [1.807, 2.05) is 6.92 Å². The van der Waals surface area contributed by atoms with Crippen LogP contribution in [0.3, 0.4) is 0 Å². The fraction of sp³-hybridized carbons (Fsp3) is 0.846. The van der Waals surface area contributed by atoms with Gasteiger partial charge in [0.1, 0.15) is 0 Å². The van der Waals surface area contributed by atoms with Crippen molar-refractivity contribution < 1.29 is 24.9 Å². The van der Waals surface area contributed by atoms with Gasteiger partial charge in [0, 0.05) is 13.0 Å². The molecule has 7 heteroatoms. The molecular formula is C13H24N2O5. The highest BCUT2D eigenvalue weighted by Crippen LogP contribution is 2.15. The number of carbonyl (C=O) groups is 2. The first kappa shape index (κ1) is 16.7. The molecule has 116 valence electrons. The zero-order valence-corrected chi connectivity index (χ0v) is 11.8. The number of likely N-dealkylation sites (tertiary alicyclic amines) is 1. The summed E-state index contributed by atoms with van der Waals surface area (Å²) in [5, 5.41) is 30.1. The number of nitrogens with zero attached hydrogens (tertiary/aromatic N) is 1. The zero-order valence-electron chi connectivity index (χ0n) is 11.8. The molecule has 3 unspecified atom stereocenters. The Labute approximate surface area is 118 Å². The first-order chi connectivity index (χ1) is 9.43. The molecule has 0 aliphatic carbocycles. The van der Waals surface area contributed by atoms with Crippen LogP contribution in [0.15, 0.2) is 0 Å². The average Bonchev–Trinajstić information content (AvgIpc) is 2.73. The van der Waals surface area contributed by atoms with E-state index in [4.69, 9.17) is 5.11 Å². The van der Waals surface area contributed by atoms with E-state index in [9.17, 15) is 19.8 Å². The molecule has 0 bridgehead atoms. The van der Waals surface area contributed by atoms with Crippen LogP contribution >= 0.6 is 0 Å². The van der Waals surface area contributed by atoms with Gasteiger partial charge in [-0.25, -0.2) is 4.79 Å². The second kappa shape index (κ2) is 8.06. The van der Waals surface area contributed by atoms with Gasteiger partial charge < -0.3 is 25.5 Å². The second-order valence-corrected chi connectivity index (χ2v) is 5.27. The number of carboxylic acid groups (broad SMARTS) is 1. The van der Waals surface area contributed by atoms with Crippen molar-refractivity contribution in [2.75, 3.05) is 19.6 Å². The summed E-state index contributed by atoms with van der Waals surface area (Å²) in [5.41, 5.74) is 0. The topological polar surface area (TPSA) is 110 Å². The first-order valence-corrected chi connectivity index (χ1v) is 7.04. The Morgan fingerprint density at radius 1 is 1.25 bits per heavy atom. The minimum absolute atomic E-state index is 0.142. The number of hydrogen-bond acceptors (Lipinski definition) is 4. The van der Waals surface area contributed by atoms with Gasteiger partial charge in [0.2, 0.25) is 0 Å². The molecule has 1 aliphatic heterocycles. The van der Waals surface area contributed by atoms with E-state index >= 15 is 0 Å². The van der Waals surface area contributed by atoms with Crippen LogP contribution in [0, 0.1) is 5.92 Å². The maximum Gasteiger partial charge on any atom is 0.317 e. The summed E-state index contributed by atoms with van der Waals surface area (Å²) >= 11 is 0. The van der Waals surface area contributed by atoms with Gasteiger partial charge in [-0.15, -0.1) is 0 Å². The molecule has 0 saturated carbocycles. The van der Waals surface area contributed by atoms with Crippen LogP contribution in [0.5, 0.6) is 0 Å². The summed E-state index contributed by atoms with van der Waals surface area (Å²) in [6.45, 7) is 2.76. The molecule has 1 saturated heterocycles. The molecule has 3 atom stereocenters. The van der Waals surface area contributed by atoms with Gasteiger partial charge in [-0.2, -0.15) is 0 Å². The molecule has 1 aliphatic rings. The number of carboxylic acids is 1. The average molecular weight is 288 g/mol. The second-order valence-electron chi connectivity index (χ2n) is 5.27. The van der Waals surface area contributed by atoms with Gasteiger partial charge in [0.15, 0.2) is 0 Å². The summed E-state index contributed by atoms with van der Waals surface area (Å²) < 4.78 is 0. The van der Waals surface area contributed by atoms with Crippen LogP contribution in [0.1, 0.15) is 32.6 Å². The molecule has 0 radical (unpaired) electrons. The van der Waals surface area contributed by atoms with E-state index in [0.717, 1.165) is 12.8 Å². The monoisotopic (exact) mass is 288 g/mol. The number of urea groups is 1. The van der Waals surface area contributed by atoms with Crippen LogP contribution in [-0.4, -0.2) is 64.1 Å². The summed E-state index contributed by atoms with van der Waals surface area (Å²) in [5.74, 6) is -0.520. The minimum Gasteiger partial charge on any atom is -0.481 e. The fourth-order valence-corrected chi connectivity index (χ4v) is 2.31. The van der Waals surface area contributed by atoms with Crippen LogP contribution < -0.4 is 5.32 Å². The maximum atomic E-state index is 11.8. The lowest BCUT2D eigenvalue weighted by molar-refractivity contribution is -0.137. The summed E-state index contributed by atoms with van der Waals surface area (Å²) in [6, 6.07) is -0.298. The molecule has 1 fully saturated rings. The van der Waals surface area contributed by atoms with E-state index < -0.39 is 18.2 Å². The molecular weight excluding hydrogens is 264 g/mol. The van der Waals surface area contributed by atoms with Gasteiger partial charge in [-0.1, -0.05) is 13.3 Å². The predicted molar refractivity (Wildman–Crippen MR) is 72.3 cm³/mol. The number of aliphatic carboxylic acids is 1. The van der Waals surface area contributed by atoms with Gasteiger partial charge in [0.25, 0.3) is 0 Å². The van der Waals surface area contributed by atoms with Crippen molar-refractivity contribution in [1.29, 1.82) is 0 Å². The highest BCUT2D eigenvalue weighted by Gasteiger charge is 2.32. The molecule has 0 aromatic carbocycles. The number of nitrogens with one attached hydrogen (secondary N) is 1. The van der Waals surface area contributed by atoms with E-state index in [0.29, 0.717) is 13.0 Å². The van der Waals surface area contributed by atoms with Crippen LogP contribution in [-0.2, 0) is 4.79 Å². The lowest BCUT2D eigenvalue weighted by Gasteiger charge is -2.18. The third-order valence-corrected chi connectivity index (χ3v) is 3.72. The van der Waals surface area contributed by atoms with Crippen molar-refractivity contribution in [3.63, 3.8) is 0 Å². The van der Waals surface area contributed by atoms with E-state index in [2.05, 4.69) is 5.32 Å². The van der Waals surface area contributed by atoms with Crippen molar-refractivity contribution in [3.8, 4) is 0 Å². The fourth-order valence-electron chi connectivity index (χ4n) is 2.31. The Bertz CT molecular complexity index is 327. The summed E-state index contributed by atoms with van der Waals surface area (Å²) in [4.78, 5) is 23.7. The number of aliphatic hydroxyl groups is 2. The van der Waals surface area contributed by atoms with Crippen molar-refractivity contribution in [3.05, 3.63) is 0 Å². The van der Waals surface area contributed by atoms with Crippen molar-refractivity contribution in [1.82, 2.24) is 10.2 Å². The Morgan fingerprint density at radius 3 is 2.35 bits per heavy atom. The van der Waals surface area contributed by atoms with Crippen molar-refractivity contribution >= 4 is 12.0 Å². The summed E-state index contributed by atoms with van der Waals surface area (Å²) in [6.07, 6.45) is 0.623. The molecule has 2 amide bonds. The Balaban J connectivity index is 2.22. The van der Waals surface area contributed by atoms with E-state index in [-0.39, 0.29) is 31.5 Å². The Hall–Kier alpha value is -1.34. The standard InChI is InChI=1S/C13H24N2O5/c1-2-9(3-4-12(18)19)5-6-14-13(20)15-7-10(16)11(17)8-15/h9-11,16-17H,2-8H2,1H3,(H,14,20)(H,18,19). The van der Waals surface area contributed by atoms with Crippen LogP contribution in [0.4, 0.5) is 4.79 Å². The lowest BCUT2D eigenvalue weighted by Crippen LogP contribution is -2.40. The van der Waals surface area contributed by atoms with E-state index in [1.54, 1.807) is 0 Å². The van der Waals surface area contributed by atoms with Crippen LogP contribution in [0.2, 0.25) is 0 Å². The molecule has 7 nitrogen and oxygen atoms in total. The third kappa shape index (κ3) is 5.34. The third-order valence-electron chi connectivity index (χ3n) is 3.72. The highest BCUT2D eigenvalue weighted by molar-refractivity contribution is 5.74. The molecule has 1 rings (SSSR count). The molecule has 4 N–H and O–H groups in total. The number of aliphatic hydroxyl groups excluding tert-OH is 2. The largest absolute Gasteiger partial charge is 0.481 e. The van der Waals surface area contributed by atoms with Gasteiger partial charge >= 0.3 is 12.0 Å². The minimum atomic E-state index is -0.875.